The van der Waals surface area contributed by atoms with E-state index in [-0.39, 0.29) is 6.04 Å². The number of hydrogen-bond acceptors (Lipinski definition) is 4. The van der Waals surface area contributed by atoms with Crippen LogP contribution in [0.25, 0.3) is 0 Å². The van der Waals surface area contributed by atoms with Gasteiger partial charge in [0, 0.05) is 24.7 Å². The SMILES string of the molecule is COc1ccccc1C(CN)N(Cc1ccsc1)C1CC1. The molecule has 1 saturated carbocycles. The molecule has 0 amide bonds. The largest absolute Gasteiger partial charge is 0.496 e. The Morgan fingerprint density at radius 1 is 1.33 bits per heavy atom. The van der Waals surface area contributed by atoms with Crippen LogP contribution in [0.3, 0.4) is 0 Å². The first-order valence-corrected chi connectivity index (χ1v) is 8.37. The number of nitrogens with zero attached hydrogens (tertiary/aromatic N) is 1. The van der Waals surface area contributed by atoms with Gasteiger partial charge in [-0.25, -0.2) is 0 Å². The van der Waals surface area contributed by atoms with E-state index in [2.05, 4.69) is 33.9 Å². The minimum atomic E-state index is 0.216. The third-order valence-corrected chi connectivity index (χ3v) is 4.81. The Balaban J connectivity index is 1.88. The molecule has 0 radical (unpaired) electrons. The van der Waals surface area contributed by atoms with Crippen molar-refractivity contribution in [1.82, 2.24) is 4.90 Å². The predicted octanol–water partition coefficient (Wildman–Crippen LogP) is 3.42. The number of ether oxygens (including phenoxy) is 1. The van der Waals surface area contributed by atoms with Crippen molar-refractivity contribution in [3.63, 3.8) is 0 Å². The molecule has 2 N–H and O–H groups in total. The van der Waals surface area contributed by atoms with Gasteiger partial charge in [0.05, 0.1) is 13.2 Å². The lowest BCUT2D eigenvalue weighted by molar-refractivity contribution is 0.179. The maximum absolute atomic E-state index is 6.13. The van der Waals surface area contributed by atoms with E-state index in [4.69, 9.17) is 10.5 Å². The molecule has 1 fully saturated rings. The van der Waals surface area contributed by atoms with E-state index in [1.807, 2.05) is 12.1 Å². The van der Waals surface area contributed by atoms with Crippen LogP contribution in [0.4, 0.5) is 0 Å². The maximum Gasteiger partial charge on any atom is 0.123 e. The van der Waals surface area contributed by atoms with Gasteiger partial charge in [-0.3, -0.25) is 4.90 Å². The molecule has 1 aromatic heterocycles. The van der Waals surface area contributed by atoms with Crippen molar-refractivity contribution in [2.75, 3.05) is 13.7 Å². The van der Waals surface area contributed by atoms with Gasteiger partial charge in [0.15, 0.2) is 0 Å². The van der Waals surface area contributed by atoms with Crippen molar-refractivity contribution in [3.05, 3.63) is 52.2 Å². The fourth-order valence-electron chi connectivity index (χ4n) is 2.88. The van der Waals surface area contributed by atoms with Crippen LogP contribution in [0.15, 0.2) is 41.1 Å². The maximum atomic E-state index is 6.13. The first-order chi connectivity index (χ1) is 10.3. The summed E-state index contributed by atoms with van der Waals surface area (Å²) in [4.78, 5) is 2.54. The van der Waals surface area contributed by atoms with Crippen molar-refractivity contribution in [1.29, 1.82) is 0 Å². The summed E-state index contributed by atoms with van der Waals surface area (Å²) < 4.78 is 5.53. The van der Waals surface area contributed by atoms with Crippen molar-refractivity contribution in [2.45, 2.75) is 31.5 Å². The Kier molecular flexibility index (Phi) is 4.58. The molecule has 2 aromatic rings. The molecule has 112 valence electrons. The molecule has 4 heteroatoms. The monoisotopic (exact) mass is 302 g/mol. The summed E-state index contributed by atoms with van der Waals surface area (Å²) in [5, 5.41) is 4.37. The highest BCUT2D eigenvalue weighted by Crippen LogP contribution is 2.38. The average Bonchev–Trinajstić information content (AvgIpc) is 3.24. The third kappa shape index (κ3) is 3.28. The summed E-state index contributed by atoms with van der Waals surface area (Å²) in [7, 11) is 1.73. The van der Waals surface area contributed by atoms with Crippen LogP contribution in [0.5, 0.6) is 5.75 Å². The molecule has 1 unspecified atom stereocenters. The molecule has 1 aromatic carbocycles. The molecular weight excluding hydrogens is 280 g/mol. The van der Waals surface area contributed by atoms with E-state index in [0.29, 0.717) is 12.6 Å². The van der Waals surface area contributed by atoms with E-state index in [1.54, 1.807) is 18.4 Å². The highest BCUT2D eigenvalue weighted by atomic mass is 32.1. The Morgan fingerprint density at radius 3 is 2.76 bits per heavy atom. The summed E-state index contributed by atoms with van der Waals surface area (Å²) >= 11 is 1.75. The standard InChI is InChI=1S/C17H22N2OS/c1-20-17-5-3-2-4-15(17)16(10-18)19(14-6-7-14)11-13-8-9-21-12-13/h2-5,8-9,12,14,16H,6-7,10-11,18H2,1H3. The minimum Gasteiger partial charge on any atom is -0.496 e. The molecular formula is C17H22N2OS. The zero-order valence-electron chi connectivity index (χ0n) is 12.4. The smallest absolute Gasteiger partial charge is 0.123 e. The first kappa shape index (κ1) is 14.6. The molecule has 1 aliphatic carbocycles. The van der Waals surface area contributed by atoms with E-state index < -0.39 is 0 Å². The van der Waals surface area contributed by atoms with Gasteiger partial charge in [0.2, 0.25) is 0 Å². The Labute approximate surface area is 130 Å². The number of benzene rings is 1. The molecule has 1 heterocycles. The predicted molar refractivity (Wildman–Crippen MR) is 87.7 cm³/mol. The Hall–Kier alpha value is -1.36. The van der Waals surface area contributed by atoms with Gasteiger partial charge in [-0.15, -0.1) is 0 Å². The van der Waals surface area contributed by atoms with Crippen LogP contribution in [-0.2, 0) is 6.54 Å². The van der Waals surface area contributed by atoms with Gasteiger partial charge in [-0.05, 0) is 41.3 Å². The van der Waals surface area contributed by atoms with Crippen molar-refractivity contribution in [3.8, 4) is 5.75 Å². The number of hydrogen-bond donors (Lipinski definition) is 1. The van der Waals surface area contributed by atoms with Crippen molar-refractivity contribution < 1.29 is 4.74 Å². The van der Waals surface area contributed by atoms with E-state index in [9.17, 15) is 0 Å². The molecule has 1 aliphatic rings. The van der Waals surface area contributed by atoms with Crippen LogP contribution in [0.1, 0.15) is 30.0 Å². The fraction of sp³-hybridized carbons (Fsp3) is 0.412. The van der Waals surface area contributed by atoms with E-state index in [0.717, 1.165) is 12.3 Å². The Bertz CT molecular complexity index is 566. The highest BCUT2D eigenvalue weighted by molar-refractivity contribution is 7.07. The second-order valence-electron chi connectivity index (χ2n) is 5.53. The van der Waals surface area contributed by atoms with Gasteiger partial charge in [0.1, 0.15) is 5.75 Å². The summed E-state index contributed by atoms with van der Waals surface area (Å²) in [6.45, 7) is 1.58. The second-order valence-corrected chi connectivity index (χ2v) is 6.31. The number of nitrogens with two attached hydrogens (primary N) is 1. The number of methoxy groups -OCH3 is 1. The van der Waals surface area contributed by atoms with Gasteiger partial charge >= 0.3 is 0 Å². The van der Waals surface area contributed by atoms with Gasteiger partial charge in [0.25, 0.3) is 0 Å². The Morgan fingerprint density at radius 2 is 2.14 bits per heavy atom. The molecule has 0 saturated heterocycles. The second kappa shape index (κ2) is 6.60. The summed E-state index contributed by atoms with van der Waals surface area (Å²) in [6.07, 6.45) is 2.55. The summed E-state index contributed by atoms with van der Waals surface area (Å²) in [5.74, 6) is 0.934. The zero-order chi connectivity index (χ0) is 14.7. The van der Waals surface area contributed by atoms with Gasteiger partial charge in [-0.1, -0.05) is 18.2 Å². The van der Waals surface area contributed by atoms with Crippen LogP contribution < -0.4 is 10.5 Å². The fourth-order valence-corrected chi connectivity index (χ4v) is 3.54. The van der Waals surface area contributed by atoms with Gasteiger partial charge < -0.3 is 10.5 Å². The lowest BCUT2D eigenvalue weighted by Crippen LogP contribution is -2.35. The van der Waals surface area contributed by atoms with Crippen LogP contribution in [-0.4, -0.2) is 24.6 Å². The molecule has 0 aliphatic heterocycles. The number of para-hydroxylation sites is 1. The topological polar surface area (TPSA) is 38.5 Å². The molecule has 0 bridgehead atoms. The van der Waals surface area contributed by atoms with Crippen molar-refractivity contribution in [2.24, 2.45) is 5.73 Å². The quantitative estimate of drug-likeness (QED) is 0.851. The highest BCUT2D eigenvalue weighted by Gasteiger charge is 2.35. The summed E-state index contributed by atoms with van der Waals surface area (Å²) in [6, 6.07) is 11.3. The van der Waals surface area contributed by atoms with E-state index >= 15 is 0 Å². The minimum absolute atomic E-state index is 0.216. The summed E-state index contributed by atoms with van der Waals surface area (Å²) in [5.41, 5.74) is 8.70. The first-order valence-electron chi connectivity index (χ1n) is 7.43. The normalized spacial score (nSPS) is 16.1. The molecule has 3 rings (SSSR count). The number of rotatable bonds is 7. The van der Waals surface area contributed by atoms with Crippen LogP contribution in [0.2, 0.25) is 0 Å². The molecule has 1 atom stereocenters. The average molecular weight is 302 g/mol. The van der Waals surface area contributed by atoms with Crippen LogP contribution in [0, 0.1) is 0 Å². The number of thiophene rings is 1. The van der Waals surface area contributed by atoms with Crippen LogP contribution >= 0.6 is 11.3 Å². The zero-order valence-corrected chi connectivity index (χ0v) is 13.2. The lowest BCUT2D eigenvalue weighted by atomic mass is 10.0. The lowest BCUT2D eigenvalue weighted by Gasteiger charge is -2.32. The van der Waals surface area contributed by atoms with Gasteiger partial charge in [-0.2, -0.15) is 11.3 Å². The van der Waals surface area contributed by atoms with Crippen molar-refractivity contribution >= 4 is 11.3 Å². The van der Waals surface area contributed by atoms with E-state index in [1.165, 1.54) is 24.0 Å². The third-order valence-electron chi connectivity index (χ3n) is 4.08. The molecule has 3 nitrogen and oxygen atoms in total. The molecule has 0 spiro atoms. The molecule has 21 heavy (non-hydrogen) atoms.